The number of nitrogens with two attached hydrogens (primary N) is 1. The van der Waals surface area contributed by atoms with Crippen LogP contribution in [-0.2, 0) is 21.2 Å². The van der Waals surface area contributed by atoms with Crippen molar-refractivity contribution in [3.63, 3.8) is 0 Å². The summed E-state index contributed by atoms with van der Waals surface area (Å²) in [5.41, 5.74) is 1.24. The van der Waals surface area contributed by atoms with Crippen molar-refractivity contribution in [1.82, 2.24) is 0 Å². The molecule has 110 valence electrons. The number of anilines is 1. The lowest BCUT2D eigenvalue weighted by molar-refractivity contribution is -0.115. The molecule has 2 aromatic rings. The van der Waals surface area contributed by atoms with Gasteiger partial charge in [-0.3, -0.25) is 4.79 Å². The Hall–Kier alpha value is -1.70. The summed E-state index contributed by atoms with van der Waals surface area (Å²) in [6.07, 6.45) is 0.193. The van der Waals surface area contributed by atoms with Gasteiger partial charge in [0.05, 0.1) is 11.3 Å². The van der Waals surface area contributed by atoms with E-state index in [-0.39, 0.29) is 17.2 Å². The standard InChI is InChI=1S/C14H13BrN2O3S/c15-11-4-1-3-10(7-11)8-14(18)17-12-5-2-6-13(9-12)21(16,19)20/h1-7,9H,8H2,(H,17,18)(H2,16,19,20). The molecule has 0 aliphatic rings. The molecule has 2 aromatic carbocycles. The van der Waals surface area contributed by atoms with Crippen molar-refractivity contribution in [3.8, 4) is 0 Å². The number of hydrogen-bond donors (Lipinski definition) is 2. The van der Waals surface area contributed by atoms with E-state index in [0.717, 1.165) is 10.0 Å². The topological polar surface area (TPSA) is 89.3 Å². The van der Waals surface area contributed by atoms with Gasteiger partial charge in [-0.05, 0) is 35.9 Å². The highest BCUT2D eigenvalue weighted by atomic mass is 79.9. The molecule has 0 heterocycles. The van der Waals surface area contributed by atoms with Gasteiger partial charge in [-0.1, -0.05) is 34.1 Å². The maximum Gasteiger partial charge on any atom is 0.238 e. The number of benzene rings is 2. The van der Waals surface area contributed by atoms with Gasteiger partial charge >= 0.3 is 0 Å². The summed E-state index contributed by atoms with van der Waals surface area (Å²) in [6.45, 7) is 0. The fourth-order valence-electron chi connectivity index (χ4n) is 1.79. The van der Waals surface area contributed by atoms with Crippen LogP contribution < -0.4 is 10.5 Å². The van der Waals surface area contributed by atoms with E-state index in [1.807, 2.05) is 24.3 Å². The van der Waals surface area contributed by atoms with Crippen LogP contribution in [0.4, 0.5) is 5.69 Å². The first-order valence-electron chi connectivity index (χ1n) is 6.02. The van der Waals surface area contributed by atoms with E-state index in [9.17, 15) is 13.2 Å². The Morgan fingerprint density at radius 3 is 2.52 bits per heavy atom. The lowest BCUT2D eigenvalue weighted by Gasteiger charge is -2.07. The SMILES string of the molecule is NS(=O)(=O)c1cccc(NC(=O)Cc2cccc(Br)c2)c1. The fraction of sp³-hybridized carbons (Fsp3) is 0.0714. The van der Waals surface area contributed by atoms with Crippen molar-refractivity contribution in [2.24, 2.45) is 5.14 Å². The van der Waals surface area contributed by atoms with Gasteiger partial charge < -0.3 is 5.32 Å². The summed E-state index contributed by atoms with van der Waals surface area (Å²) in [5.74, 6) is -0.236. The first-order chi connectivity index (χ1) is 9.84. The number of sulfonamides is 1. The van der Waals surface area contributed by atoms with Gasteiger partial charge in [0.2, 0.25) is 15.9 Å². The molecular weight excluding hydrogens is 356 g/mol. The third kappa shape index (κ3) is 4.66. The molecular formula is C14H13BrN2O3S. The summed E-state index contributed by atoms with van der Waals surface area (Å²) in [4.78, 5) is 11.9. The molecule has 1 amide bonds. The Morgan fingerprint density at radius 1 is 1.14 bits per heavy atom. The van der Waals surface area contributed by atoms with E-state index in [1.54, 1.807) is 6.07 Å². The normalized spacial score (nSPS) is 11.1. The molecule has 7 heteroatoms. The van der Waals surface area contributed by atoms with Crippen molar-refractivity contribution >= 4 is 37.5 Å². The van der Waals surface area contributed by atoms with Gasteiger partial charge in [0.25, 0.3) is 0 Å². The molecule has 2 rings (SSSR count). The van der Waals surface area contributed by atoms with E-state index in [2.05, 4.69) is 21.2 Å². The molecule has 3 N–H and O–H groups in total. The Morgan fingerprint density at radius 2 is 1.86 bits per heavy atom. The summed E-state index contributed by atoms with van der Waals surface area (Å²) >= 11 is 3.34. The number of rotatable bonds is 4. The quantitative estimate of drug-likeness (QED) is 0.867. The van der Waals surface area contributed by atoms with Crippen LogP contribution in [-0.4, -0.2) is 14.3 Å². The minimum absolute atomic E-state index is 0.0391. The number of amides is 1. The minimum atomic E-state index is -3.78. The summed E-state index contributed by atoms with van der Waals surface area (Å²) in [6, 6.07) is 13.2. The average Bonchev–Trinajstić information content (AvgIpc) is 2.37. The predicted molar refractivity (Wildman–Crippen MR) is 84.3 cm³/mol. The number of hydrogen-bond acceptors (Lipinski definition) is 3. The lowest BCUT2D eigenvalue weighted by Crippen LogP contribution is -2.16. The molecule has 0 fully saturated rings. The molecule has 0 saturated heterocycles. The number of primary sulfonamides is 1. The van der Waals surface area contributed by atoms with E-state index < -0.39 is 10.0 Å². The second kappa shape index (κ2) is 6.38. The summed E-state index contributed by atoms with van der Waals surface area (Å²) in [5, 5.41) is 7.70. The molecule has 0 unspecified atom stereocenters. The number of nitrogens with one attached hydrogen (secondary N) is 1. The molecule has 5 nitrogen and oxygen atoms in total. The number of carbonyl (C=O) groups is 1. The smallest absolute Gasteiger partial charge is 0.238 e. The van der Waals surface area contributed by atoms with E-state index in [1.165, 1.54) is 18.2 Å². The Bertz CT molecular complexity index is 775. The van der Waals surface area contributed by atoms with Crippen LogP contribution in [0.25, 0.3) is 0 Å². The molecule has 0 spiro atoms. The lowest BCUT2D eigenvalue weighted by atomic mass is 10.1. The molecule has 0 saturated carbocycles. The van der Waals surface area contributed by atoms with Crippen LogP contribution in [0.3, 0.4) is 0 Å². The molecule has 0 aromatic heterocycles. The predicted octanol–water partition coefficient (Wildman–Crippen LogP) is 2.28. The first kappa shape index (κ1) is 15.7. The monoisotopic (exact) mass is 368 g/mol. The highest BCUT2D eigenvalue weighted by molar-refractivity contribution is 9.10. The molecule has 0 aliphatic carbocycles. The fourth-order valence-corrected chi connectivity index (χ4v) is 2.79. The second-order valence-electron chi connectivity index (χ2n) is 4.43. The zero-order valence-electron chi connectivity index (χ0n) is 10.9. The largest absolute Gasteiger partial charge is 0.326 e. The molecule has 0 bridgehead atoms. The van der Waals surface area contributed by atoms with Gasteiger partial charge in [0.15, 0.2) is 0 Å². The molecule has 0 atom stereocenters. The Labute approximate surface area is 131 Å². The second-order valence-corrected chi connectivity index (χ2v) is 6.90. The van der Waals surface area contributed by atoms with Gasteiger partial charge in [-0.25, -0.2) is 13.6 Å². The van der Waals surface area contributed by atoms with Crippen LogP contribution in [0.1, 0.15) is 5.56 Å². The van der Waals surface area contributed by atoms with Gasteiger partial charge in [0, 0.05) is 10.2 Å². The number of carbonyl (C=O) groups excluding carboxylic acids is 1. The van der Waals surface area contributed by atoms with Crippen molar-refractivity contribution < 1.29 is 13.2 Å². The van der Waals surface area contributed by atoms with Gasteiger partial charge in [-0.15, -0.1) is 0 Å². The third-order valence-corrected chi connectivity index (χ3v) is 4.10. The molecule has 0 aliphatic heterocycles. The van der Waals surface area contributed by atoms with Gasteiger partial charge in [0.1, 0.15) is 0 Å². The Balaban J connectivity index is 2.10. The van der Waals surface area contributed by atoms with Crippen LogP contribution >= 0.6 is 15.9 Å². The average molecular weight is 369 g/mol. The maximum atomic E-state index is 11.9. The highest BCUT2D eigenvalue weighted by Gasteiger charge is 2.10. The summed E-state index contributed by atoms with van der Waals surface area (Å²) < 4.78 is 23.4. The van der Waals surface area contributed by atoms with Crippen molar-refractivity contribution in [1.29, 1.82) is 0 Å². The Kier molecular flexibility index (Phi) is 4.76. The van der Waals surface area contributed by atoms with Crippen LogP contribution in [0.15, 0.2) is 57.9 Å². The first-order valence-corrected chi connectivity index (χ1v) is 8.36. The van der Waals surface area contributed by atoms with Crippen molar-refractivity contribution in [2.75, 3.05) is 5.32 Å². The van der Waals surface area contributed by atoms with Crippen molar-refractivity contribution in [2.45, 2.75) is 11.3 Å². The van der Waals surface area contributed by atoms with E-state index in [4.69, 9.17) is 5.14 Å². The molecule has 21 heavy (non-hydrogen) atoms. The van der Waals surface area contributed by atoms with E-state index in [0.29, 0.717) is 5.69 Å². The van der Waals surface area contributed by atoms with Crippen LogP contribution in [0.2, 0.25) is 0 Å². The minimum Gasteiger partial charge on any atom is -0.326 e. The third-order valence-electron chi connectivity index (χ3n) is 2.70. The van der Waals surface area contributed by atoms with Gasteiger partial charge in [-0.2, -0.15) is 0 Å². The number of halogens is 1. The highest BCUT2D eigenvalue weighted by Crippen LogP contribution is 2.16. The maximum absolute atomic E-state index is 11.9. The summed E-state index contributed by atoms with van der Waals surface area (Å²) in [7, 11) is -3.78. The zero-order chi connectivity index (χ0) is 15.5. The van der Waals surface area contributed by atoms with Crippen molar-refractivity contribution in [3.05, 3.63) is 58.6 Å². The van der Waals surface area contributed by atoms with E-state index >= 15 is 0 Å². The zero-order valence-corrected chi connectivity index (χ0v) is 13.3. The van der Waals surface area contributed by atoms with Crippen LogP contribution in [0, 0.1) is 0 Å². The molecule has 0 radical (unpaired) electrons. The van der Waals surface area contributed by atoms with Crippen LogP contribution in [0.5, 0.6) is 0 Å².